The van der Waals surface area contributed by atoms with Crippen LogP contribution in [-0.2, 0) is 4.79 Å². The summed E-state index contributed by atoms with van der Waals surface area (Å²) >= 11 is 0. The van der Waals surface area contributed by atoms with E-state index in [0.717, 1.165) is 116 Å². The Morgan fingerprint density at radius 3 is 1.67 bits per heavy atom. The van der Waals surface area contributed by atoms with Gasteiger partial charge >= 0.3 is 6.03 Å². The zero-order chi connectivity index (χ0) is 34.9. The first-order chi connectivity index (χ1) is 24.9. The van der Waals surface area contributed by atoms with Gasteiger partial charge in [0.1, 0.15) is 17.7 Å². The number of nitrogens with zero attached hydrogens (tertiary/aromatic N) is 6. The second-order valence-electron chi connectivity index (χ2n) is 14.3. The highest BCUT2D eigenvalue weighted by Gasteiger charge is 2.37. The van der Waals surface area contributed by atoms with Crippen LogP contribution in [0.3, 0.4) is 0 Å². The average Bonchev–Trinajstić information content (AvgIpc) is 4.01. The second-order valence-corrected chi connectivity index (χ2v) is 14.3. The minimum atomic E-state index is -0.334. The molecule has 0 unspecified atom stereocenters. The smallest absolute Gasteiger partial charge is 0.320 e. The molecule has 51 heavy (non-hydrogen) atoms. The summed E-state index contributed by atoms with van der Waals surface area (Å²) < 4.78 is 0. The molecule has 3 aliphatic rings. The molecule has 5 aromatic rings. The van der Waals surface area contributed by atoms with Gasteiger partial charge in [0.2, 0.25) is 5.91 Å². The molecule has 0 radical (unpaired) electrons. The normalized spacial score (nSPS) is 19.7. The van der Waals surface area contributed by atoms with Crippen molar-refractivity contribution in [1.82, 2.24) is 39.5 Å². The van der Waals surface area contributed by atoms with Gasteiger partial charge in [-0.2, -0.15) is 0 Å². The van der Waals surface area contributed by atoms with Gasteiger partial charge in [0.25, 0.3) is 0 Å². The lowest BCUT2D eigenvalue weighted by molar-refractivity contribution is -0.137. The number of urea groups is 1. The van der Waals surface area contributed by atoms with E-state index in [9.17, 15) is 9.59 Å². The number of aromatic nitrogens is 4. The van der Waals surface area contributed by atoms with E-state index in [4.69, 9.17) is 9.97 Å². The molecule has 3 aliphatic heterocycles. The molecular formula is C41H46N8O2. The van der Waals surface area contributed by atoms with Gasteiger partial charge < -0.3 is 24.7 Å². The third kappa shape index (κ3) is 6.56. The number of imidazole rings is 2. The summed E-state index contributed by atoms with van der Waals surface area (Å²) in [7, 11) is 3.92. The van der Waals surface area contributed by atoms with Crippen LogP contribution in [0.15, 0.2) is 91.3 Å². The number of carbonyl (C=O) groups is 2. The maximum atomic E-state index is 13.9. The fraction of sp³-hybridized carbons (Fsp3) is 0.366. The summed E-state index contributed by atoms with van der Waals surface area (Å²) in [5, 5.41) is 0. The van der Waals surface area contributed by atoms with Crippen molar-refractivity contribution < 1.29 is 9.59 Å². The molecule has 0 aliphatic carbocycles. The highest BCUT2D eigenvalue weighted by molar-refractivity contribution is 5.84. The van der Waals surface area contributed by atoms with E-state index in [0.29, 0.717) is 0 Å². The van der Waals surface area contributed by atoms with Crippen molar-refractivity contribution in [2.45, 2.75) is 56.7 Å². The predicted octanol–water partition coefficient (Wildman–Crippen LogP) is 7.45. The summed E-state index contributed by atoms with van der Waals surface area (Å²) in [5.74, 6) is 1.82. The molecule has 3 aromatic carbocycles. The molecule has 0 spiro atoms. The summed E-state index contributed by atoms with van der Waals surface area (Å²) in [4.78, 5) is 51.6. The lowest BCUT2D eigenvalue weighted by atomic mass is 10.0. The SMILES string of the molecule is CN(C)[C@@H](C(=O)N1CCC[C@H]1c1ncc(-c2ccc(-c3ccc(-c4cnc([C@@H]5CCCN5C(=O)N5CCCC5)[nH]4)cc3)cc2)[nH]1)c1ccccc1. The third-order valence-electron chi connectivity index (χ3n) is 10.8. The minimum absolute atomic E-state index is 0.00486. The molecule has 3 fully saturated rings. The van der Waals surface area contributed by atoms with Crippen LogP contribution < -0.4 is 0 Å². The van der Waals surface area contributed by atoms with Crippen LogP contribution in [0, 0.1) is 0 Å². The zero-order valence-corrected chi connectivity index (χ0v) is 29.5. The number of H-pyrrole nitrogens is 2. The summed E-state index contributed by atoms with van der Waals surface area (Å²) in [5.41, 5.74) is 7.27. The first kappa shape index (κ1) is 33.0. The maximum Gasteiger partial charge on any atom is 0.320 e. The highest BCUT2D eigenvalue weighted by Crippen LogP contribution is 2.36. The number of likely N-dealkylation sites (N-methyl/N-ethyl adjacent to an activating group) is 1. The van der Waals surface area contributed by atoms with E-state index in [1.807, 2.05) is 76.4 Å². The van der Waals surface area contributed by atoms with Crippen LogP contribution in [0.5, 0.6) is 0 Å². The Hall–Kier alpha value is -5.22. The van der Waals surface area contributed by atoms with Crippen molar-refractivity contribution in [2.75, 3.05) is 40.3 Å². The number of aromatic amines is 2. The molecule has 2 N–H and O–H groups in total. The van der Waals surface area contributed by atoms with E-state index in [2.05, 4.69) is 58.5 Å². The van der Waals surface area contributed by atoms with E-state index in [1.165, 1.54) is 0 Å². The maximum absolute atomic E-state index is 13.9. The summed E-state index contributed by atoms with van der Waals surface area (Å²) in [6, 6.07) is 26.8. The Balaban J connectivity index is 0.930. The summed E-state index contributed by atoms with van der Waals surface area (Å²) in [6.45, 7) is 3.24. The Bertz CT molecular complexity index is 1960. The van der Waals surface area contributed by atoms with Gasteiger partial charge in [-0.25, -0.2) is 14.8 Å². The zero-order valence-electron chi connectivity index (χ0n) is 29.5. The molecule has 262 valence electrons. The molecule has 10 heteroatoms. The minimum Gasteiger partial charge on any atom is -0.340 e. The van der Waals surface area contributed by atoms with Crippen molar-refractivity contribution in [3.63, 3.8) is 0 Å². The monoisotopic (exact) mass is 682 g/mol. The first-order valence-electron chi connectivity index (χ1n) is 18.3. The Kier molecular flexibility index (Phi) is 9.17. The largest absolute Gasteiger partial charge is 0.340 e. The molecule has 3 atom stereocenters. The number of benzene rings is 3. The van der Waals surface area contributed by atoms with Gasteiger partial charge in [0.05, 0.1) is 35.9 Å². The number of rotatable bonds is 8. The molecule has 3 amide bonds. The lowest BCUT2D eigenvalue weighted by Crippen LogP contribution is -2.41. The van der Waals surface area contributed by atoms with Crippen molar-refractivity contribution in [3.05, 3.63) is 108 Å². The summed E-state index contributed by atoms with van der Waals surface area (Å²) in [6.07, 6.45) is 9.74. The van der Waals surface area contributed by atoms with Crippen molar-refractivity contribution in [2.24, 2.45) is 0 Å². The number of hydrogen-bond acceptors (Lipinski definition) is 5. The predicted molar refractivity (Wildman–Crippen MR) is 198 cm³/mol. The fourth-order valence-corrected chi connectivity index (χ4v) is 8.13. The van der Waals surface area contributed by atoms with E-state index < -0.39 is 0 Å². The number of carbonyl (C=O) groups excluding carboxylic acids is 2. The standard InChI is InChI=1S/C41H46N8O2/c1-46(2)37(32-10-4-3-5-11-32)40(50)48-24-8-12-35(48)38-42-26-33(44-38)30-18-14-28(15-19-30)29-16-20-31(21-17-29)34-27-43-39(45-34)36-13-9-25-49(36)41(51)47-22-6-7-23-47/h3-5,10-11,14-21,26-27,35-37H,6-9,12-13,22-25H2,1-2H3,(H,42,44)(H,43,45)/t35-,36-,37+/m0/s1. The molecule has 0 bridgehead atoms. The second kappa shape index (κ2) is 14.2. The number of likely N-dealkylation sites (tertiary alicyclic amines) is 3. The molecule has 0 saturated carbocycles. The Morgan fingerprint density at radius 1 is 0.647 bits per heavy atom. The van der Waals surface area contributed by atoms with Gasteiger partial charge in [-0.05, 0) is 80.4 Å². The third-order valence-corrected chi connectivity index (χ3v) is 10.8. The Morgan fingerprint density at radius 2 is 1.14 bits per heavy atom. The van der Waals surface area contributed by atoms with Crippen molar-refractivity contribution in [3.8, 4) is 33.6 Å². The molecule has 3 saturated heterocycles. The van der Waals surface area contributed by atoms with Crippen LogP contribution in [0.2, 0.25) is 0 Å². The molecule has 10 nitrogen and oxygen atoms in total. The Labute approximate surface area is 299 Å². The lowest BCUT2D eigenvalue weighted by Gasteiger charge is -2.31. The molecular weight excluding hydrogens is 637 g/mol. The van der Waals surface area contributed by atoms with Crippen LogP contribution in [0.25, 0.3) is 33.6 Å². The van der Waals surface area contributed by atoms with Crippen LogP contribution in [0.1, 0.15) is 73.9 Å². The fourth-order valence-electron chi connectivity index (χ4n) is 8.13. The van der Waals surface area contributed by atoms with Gasteiger partial charge in [-0.3, -0.25) is 9.69 Å². The molecule has 2 aromatic heterocycles. The van der Waals surface area contributed by atoms with Crippen LogP contribution in [0.4, 0.5) is 4.79 Å². The average molecular weight is 683 g/mol. The quantitative estimate of drug-likeness (QED) is 0.177. The number of amides is 3. The van der Waals surface area contributed by atoms with Gasteiger partial charge in [0.15, 0.2) is 0 Å². The van der Waals surface area contributed by atoms with E-state index >= 15 is 0 Å². The van der Waals surface area contributed by atoms with Gasteiger partial charge in [0, 0.05) is 26.2 Å². The van der Waals surface area contributed by atoms with Crippen LogP contribution in [-0.4, -0.2) is 91.7 Å². The molecule has 8 rings (SSSR count). The highest BCUT2D eigenvalue weighted by atomic mass is 16.2. The van der Waals surface area contributed by atoms with E-state index in [1.54, 1.807) is 0 Å². The first-order valence-corrected chi connectivity index (χ1v) is 18.3. The van der Waals surface area contributed by atoms with Crippen LogP contribution >= 0.6 is 0 Å². The van der Waals surface area contributed by atoms with Gasteiger partial charge in [-0.1, -0.05) is 78.9 Å². The number of hydrogen-bond donors (Lipinski definition) is 2. The topological polar surface area (TPSA) is 104 Å². The van der Waals surface area contributed by atoms with Crippen molar-refractivity contribution >= 4 is 11.9 Å². The van der Waals surface area contributed by atoms with Gasteiger partial charge in [-0.15, -0.1) is 0 Å². The number of nitrogens with one attached hydrogen (secondary N) is 2. The van der Waals surface area contributed by atoms with Crippen molar-refractivity contribution in [1.29, 1.82) is 0 Å². The van der Waals surface area contributed by atoms with E-state index in [-0.39, 0.29) is 30.1 Å². The molecule has 5 heterocycles.